The molecule has 0 bridgehead atoms. The summed E-state index contributed by atoms with van der Waals surface area (Å²) in [5, 5.41) is 0. The Hall–Kier alpha value is -1.65. The summed E-state index contributed by atoms with van der Waals surface area (Å²) in [5.41, 5.74) is 0.508. The smallest absolute Gasteiger partial charge is 0.387 e. The van der Waals surface area contributed by atoms with Crippen molar-refractivity contribution in [1.82, 2.24) is 4.90 Å². The fourth-order valence-electron chi connectivity index (χ4n) is 1.88. The van der Waals surface area contributed by atoms with Gasteiger partial charge < -0.3 is 9.64 Å². The molecule has 0 unspecified atom stereocenters. The van der Waals surface area contributed by atoms with Gasteiger partial charge in [-0.15, -0.1) is 0 Å². The molecule has 0 aromatic heterocycles. The Labute approximate surface area is 98.0 Å². The molecule has 0 saturated carbocycles. The minimum atomic E-state index is -2.84. The zero-order chi connectivity index (χ0) is 12.3. The van der Waals surface area contributed by atoms with Crippen molar-refractivity contribution in [3.05, 3.63) is 29.8 Å². The number of nitrogens with zero attached hydrogens (tertiary/aromatic N) is 1. The van der Waals surface area contributed by atoms with Gasteiger partial charge >= 0.3 is 6.61 Å². The second-order valence-electron chi connectivity index (χ2n) is 3.90. The van der Waals surface area contributed by atoms with Gasteiger partial charge in [-0.1, -0.05) is 0 Å². The molecule has 92 valence electrons. The minimum absolute atomic E-state index is 0.0499. The van der Waals surface area contributed by atoms with Gasteiger partial charge in [0.25, 0.3) is 5.91 Å². The first-order valence-corrected chi connectivity index (χ1v) is 5.51. The lowest BCUT2D eigenvalue weighted by atomic mass is 10.2. The third-order valence-corrected chi connectivity index (χ3v) is 2.72. The first-order chi connectivity index (χ1) is 8.16. The number of carbonyl (C=O) groups is 1. The van der Waals surface area contributed by atoms with E-state index in [1.807, 2.05) is 0 Å². The van der Waals surface area contributed by atoms with Crippen molar-refractivity contribution < 1.29 is 18.3 Å². The standard InChI is InChI=1S/C12H13F2NO2/c13-12(14)17-10-5-3-9(4-6-10)11(16)15-7-1-2-8-15/h3-6,12H,1-2,7-8H2. The normalized spacial score (nSPS) is 15.4. The van der Waals surface area contributed by atoms with Crippen molar-refractivity contribution in [2.75, 3.05) is 13.1 Å². The number of carbonyl (C=O) groups excluding carboxylic acids is 1. The van der Waals surface area contributed by atoms with Crippen LogP contribution in [0.3, 0.4) is 0 Å². The first-order valence-electron chi connectivity index (χ1n) is 5.51. The number of ether oxygens (including phenoxy) is 1. The highest BCUT2D eigenvalue weighted by Gasteiger charge is 2.19. The van der Waals surface area contributed by atoms with Crippen molar-refractivity contribution in [1.29, 1.82) is 0 Å². The van der Waals surface area contributed by atoms with Crippen LogP contribution in [-0.4, -0.2) is 30.5 Å². The van der Waals surface area contributed by atoms with E-state index in [2.05, 4.69) is 4.74 Å². The van der Waals surface area contributed by atoms with E-state index >= 15 is 0 Å². The zero-order valence-corrected chi connectivity index (χ0v) is 9.23. The number of halogens is 2. The molecular weight excluding hydrogens is 228 g/mol. The zero-order valence-electron chi connectivity index (χ0n) is 9.23. The lowest BCUT2D eigenvalue weighted by Crippen LogP contribution is -2.27. The van der Waals surface area contributed by atoms with Crippen LogP contribution in [0.1, 0.15) is 23.2 Å². The Kier molecular flexibility index (Phi) is 3.56. The Morgan fingerprint density at radius 2 is 1.76 bits per heavy atom. The molecule has 1 aromatic carbocycles. The summed E-state index contributed by atoms with van der Waals surface area (Å²) in [7, 11) is 0. The number of benzene rings is 1. The Morgan fingerprint density at radius 3 is 2.29 bits per heavy atom. The molecule has 0 spiro atoms. The summed E-state index contributed by atoms with van der Waals surface area (Å²) < 4.78 is 28.1. The van der Waals surface area contributed by atoms with Gasteiger partial charge in [-0.05, 0) is 37.1 Å². The number of likely N-dealkylation sites (tertiary alicyclic amines) is 1. The molecule has 0 atom stereocenters. The SMILES string of the molecule is O=C(c1ccc(OC(F)F)cc1)N1CCCC1. The van der Waals surface area contributed by atoms with Crippen LogP contribution >= 0.6 is 0 Å². The van der Waals surface area contributed by atoms with Crippen molar-refractivity contribution in [2.45, 2.75) is 19.5 Å². The van der Waals surface area contributed by atoms with Crippen LogP contribution in [0.25, 0.3) is 0 Å². The second-order valence-corrected chi connectivity index (χ2v) is 3.90. The number of alkyl halides is 2. The summed E-state index contributed by atoms with van der Waals surface area (Å²) in [4.78, 5) is 13.7. The molecule has 2 rings (SSSR count). The third kappa shape index (κ3) is 2.93. The van der Waals surface area contributed by atoms with Crippen molar-refractivity contribution >= 4 is 5.91 Å². The van der Waals surface area contributed by atoms with Crippen LogP contribution in [0.15, 0.2) is 24.3 Å². The lowest BCUT2D eigenvalue weighted by molar-refractivity contribution is -0.0498. The van der Waals surface area contributed by atoms with Gasteiger partial charge in [-0.2, -0.15) is 8.78 Å². The molecule has 1 saturated heterocycles. The van der Waals surface area contributed by atoms with Gasteiger partial charge in [0.05, 0.1) is 0 Å². The molecule has 0 radical (unpaired) electrons. The molecule has 1 aromatic rings. The topological polar surface area (TPSA) is 29.5 Å². The van der Waals surface area contributed by atoms with Crippen molar-refractivity contribution in [2.24, 2.45) is 0 Å². The minimum Gasteiger partial charge on any atom is -0.435 e. The molecule has 1 amide bonds. The van der Waals surface area contributed by atoms with E-state index in [1.54, 1.807) is 4.90 Å². The summed E-state index contributed by atoms with van der Waals surface area (Å²) in [6.07, 6.45) is 2.05. The van der Waals surface area contributed by atoms with E-state index in [1.165, 1.54) is 24.3 Å². The fraction of sp³-hybridized carbons (Fsp3) is 0.417. The molecule has 17 heavy (non-hydrogen) atoms. The van der Waals surface area contributed by atoms with Crippen LogP contribution in [0.2, 0.25) is 0 Å². The van der Waals surface area contributed by atoms with Gasteiger partial charge in [0.2, 0.25) is 0 Å². The molecule has 3 nitrogen and oxygen atoms in total. The van der Waals surface area contributed by atoms with Crippen LogP contribution in [0, 0.1) is 0 Å². The molecule has 1 heterocycles. The fourth-order valence-corrected chi connectivity index (χ4v) is 1.88. The van der Waals surface area contributed by atoms with Crippen molar-refractivity contribution in [3.8, 4) is 5.75 Å². The highest BCUT2D eigenvalue weighted by Crippen LogP contribution is 2.17. The maximum absolute atomic E-state index is 11.9. The molecule has 1 fully saturated rings. The second kappa shape index (κ2) is 5.12. The van der Waals surface area contributed by atoms with E-state index in [-0.39, 0.29) is 11.7 Å². The van der Waals surface area contributed by atoms with Gasteiger partial charge in [0, 0.05) is 18.7 Å². The maximum Gasteiger partial charge on any atom is 0.387 e. The monoisotopic (exact) mass is 241 g/mol. The number of amides is 1. The number of rotatable bonds is 3. The van der Waals surface area contributed by atoms with E-state index in [0.717, 1.165) is 25.9 Å². The average Bonchev–Trinajstić information content (AvgIpc) is 2.82. The summed E-state index contributed by atoms with van der Waals surface area (Å²) in [6, 6.07) is 5.79. The predicted molar refractivity (Wildman–Crippen MR) is 58.2 cm³/mol. The summed E-state index contributed by atoms with van der Waals surface area (Å²) in [6.45, 7) is -1.29. The highest BCUT2D eigenvalue weighted by atomic mass is 19.3. The van der Waals surface area contributed by atoms with Gasteiger partial charge in [-0.3, -0.25) is 4.79 Å². The predicted octanol–water partition coefficient (Wildman–Crippen LogP) is 2.52. The van der Waals surface area contributed by atoms with Gasteiger partial charge in [0.1, 0.15) is 5.75 Å². The van der Waals surface area contributed by atoms with E-state index in [4.69, 9.17) is 0 Å². The van der Waals surface area contributed by atoms with Crippen LogP contribution in [0.5, 0.6) is 5.75 Å². The maximum atomic E-state index is 11.9. The Balaban J connectivity index is 2.04. The molecule has 5 heteroatoms. The largest absolute Gasteiger partial charge is 0.435 e. The lowest BCUT2D eigenvalue weighted by Gasteiger charge is -2.15. The van der Waals surface area contributed by atoms with E-state index in [9.17, 15) is 13.6 Å². The van der Waals surface area contributed by atoms with Crippen LogP contribution < -0.4 is 4.74 Å². The van der Waals surface area contributed by atoms with Crippen molar-refractivity contribution in [3.63, 3.8) is 0 Å². The van der Waals surface area contributed by atoms with Gasteiger partial charge in [0.15, 0.2) is 0 Å². The summed E-state index contributed by atoms with van der Waals surface area (Å²) in [5.74, 6) is 0.0177. The molecule has 0 aliphatic carbocycles. The van der Waals surface area contributed by atoms with E-state index in [0.29, 0.717) is 5.56 Å². The third-order valence-electron chi connectivity index (χ3n) is 2.72. The molecular formula is C12H13F2NO2. The Bertz CT molecular complexity index is 386. The molecule has 0 N–H and O–H groups in total. The molecule has 1 aliphatic heterocycles. The Morgan fingerprint density at radius 1 is 1.18 bits per heavy atom. The molecule has 1 aliphatic rings. The highest BCUT2D eigenvalue weighted by molar-refractivity contribution is 5.94. The van der Waals surface area contributed by atoms with E-state index < -0.39 is 6.61 Å². The quantitative estimate of drug-likeness (QED) is 0.813. The van der Waals surface area contributed by atoms with Gasteiger partial charge in [-0.25, -0.2) is 0 Å². The summed E-state index contributed by atoms with van der Waals surface area (Å²) >= 11 is 0. The van der Waals surface area contributed by atoms with Crippen LogP contribution in [0.4, 0.5) is 8.78 Å². The van der Waals surface area contributed by atoms with Crippen LogP contribution in [-0.2, 0) is 0 Å². The first kappa shape index (κ1) is 11.8. The average molecular weight is 241 g/mol. The number of hydrogen-bond acceptors (Lipinski definition) is 2. The number of hydrogen-bond donors (Lipinski definition) is 0.